The molecule has 0 radical (unpaired) electrons. The Hall–Kier alpha value is -1.71. The van der Waals surface area contributed by atoms with Gasteiger partial charge in [0.1, 0.15) is 6.61 Å². The van der Waals surface area contributed by atoms with Crippen molar-refractivity contribution in [3.63, 3.8) is 0 Å². The van der Waals surface area contributed by atoms with E-state index in [0.29, 0.717) is 11.5 Å². The van der Waals surface area contributed by atoms with Crippen molar-refractivity contribution >= 4 is 5.97 Å². The maximum absolute atomic E-state index is 11.9. The van der Waals surface area contributed by atoms with E-state index in [-0.39, 0.29) is 12.6 Å². The van der Waals surface area contributed by atoms with E-state index in [2.05, 4.69) is 0 Å². The molecule has 4 heteroatoms. The zero-order valence-electron chi connectivity index (χ0n) is 12.3. The molecule has 19 heavy (non-hydrogen) atoms. The number of hydrogen-bond donors (Lipinski definition) is 0. The molecule has 0 atom stereocenters. The van der Waals surface area contributed by atoms with Crippen molar-refractivity contribution in [2.75, 3.05) is 14.2 Å². The minimum atomic E-state index is -0.448. The first kappa shape index (κ1) is 15.3. The van der Waals surface area contributed by atoms with Crippen LogP contribution < -0.4 is 9.47 Å². The number of hydrogen-bond acceptors (Lipinski definition) is 4. The topological polar surface area (TPSA) is 44.8 Å². The molecule has 0 unspecified atom stereocenters. The van der Waals surface area contributed by atoms with E-state index in [0.717, 1.165) is 12.0 Å². The largest absolute Gasteiger partial charge is 0.493 e. The second kappa shape index (κ2) is 6.45. The van der Waals surface area contributed by atoms with Crippen LogP contribution >= 0.6 is 0 Å². The fourth-order valence-corrected chi connectivity index (χ4v) is 1.46. The molecule has 106 valence electrons. The van der Waals surface area contributed by atoms with Gasteiger partial charge in [0.2, 0.25) is 0 Å². The number of esters is 1. The van der Waals surface area contributed by atoms with E-state index in [1.165, 1.54) is 0 Å². The van der Waals surface area contributed by atoms with Crippen LogP contribution in [0.5, 0.6) is 11.5 Å². The normalized spacial score (nSPS) is 11.0. The molecule has 0 saturated heterocycles. The molecular formula is C15H22O4. The Morgan fingerprint density at radius 1 is 1.16 bits per heavy atom. The van der Waals surface area contributed by atoms with Gasteiger partial charge in [-0.1, -0.05) is 13.0 Å². The number of carbonyl (C=O) groups excluding carboxylic acids is 1. The molecular weight excluding hydrogens is 244 g/mol. The number of benzene rings is 1. The summed E-state index contributed by atoms with van der Waals surface area (Å²) < 4.78 is 15.7. The highest BCUT2D eigenvalue weighted by Crippen LogP contribution is 2.28. The molecule has 0 N–H and O–H groups in total. The monoisotopic (exact) mass is 266 g/mol. The van der Waals surface area contributed by atoms with Crippen LogP contribution in [0.4, 0.5) is 0 Å². The van der Waals surface area contributed by atoms with Crippen LogP contribution in [-0.4, -0.2) is 20.2 Å². The van der Waals surface area contributed by atoms with Crippen molar-refractivity contribution in [1.29, 1.82) is 0 Å². The van der Waals surface area contributed by atoms with Gasteiger partial charge in [-0.25, -0.2) is 0 Å². The molecule has 4 nitrogen and oxygen atoms in total. The Labute approximate surface area is 114 Å². The predicted molar refractivity (Wildman–Crippen MR) is 73.4 cm³/mol. The third-order valence-corrected chi connectivity index (χ3v) is 3.25. The summed E-state index contributed by atoms with van der Waals surface area (Å²) in [5.41, 5.74) is 0.425. The summed E-state index contributed by atoms with van der Waals surface area (Å²) in [4.78, 5) is 11.9. The zero-order chi connectivity index (χ0) is 14.5. The molecule has 1 aromatic rings. The zero-order valence-corrected chi connectivity index (χ0v) is 12.3. The van der Waals surface area contributed by atoms with Crippen molar-refractivity contribution in [1.82, 2.24) is 0 Å². The summed E-state index contributed by atoms with van der Waals surface area (Å²) in [7, 11) is 3.16. The molecule has 0 amide bonds. The molecule has 0 aliphatic rings. The maximum Gasteiger partial charge on any atom is 0.311 e. The maximum atomic E-state index is 11.9. The first-order valence-corrected chi connectivity index (χ1v) is 6.32. The van der Waals surface area contributed by atoms with Crippen LogP contribution in [0.3, 0.4) is 0 Å². The highest BCUT2D eigenvalue weighted by molar-refractivity contribution is 5.75. The van der Waals surface area contributed by atoms with Gasteiger partial charge in [-0.05, 0) is 38.0 Å². The van der Waals surface area contributed by atoms with E-state index in [1.54, 1.807) is 20.3 Å². The summed E-state index contributed by atoms with van der Waals surface area (Å²) >= 11 is 0. The van der Waals surface area contributed by atoms with Crippen molar-refractivity contribution in [2.45, 2.75) is 33.8 Å². The Balaban J connectivity index is 2.71. The third kappa shape index (κ3) is 3.88. The van der Waals surface area contributed by atoms with Crippen molar-refractivity contribution in [2.24, 2.45) is 5.41 Å². The minimum Gasteiger partial charge on any atom is -0.493 e. The lowest BCUT2D eigenvalue weighted by Gasteiger charge is -2.20. The summed E-state index contributed by atoms with van der Waals surface area (Å²) in [5, 5.41) is 0. The van der Waals surface area contributed by atoms with Crippen molar-refractivity contribution in [3.8, 4) is 11.5 Å². The molecule has 0 heterocycles. The first-order valence-electron chi connectivity index (χ1n) is 6.32. The average Bonchev–Trinajstić information content (AvgIpc) is 2.44. The number of rotatable bonds is 6. The second-order valence-corrected chi connectivity index (χ2v) is 5.00. The van der Waals surface area contributed by atoms with Crippen LogP contribution in [0.1, 0.15) is 32.8 Å². The second-order valence-electron chi connectivity index (χ2n) is 5.00. The molecule has 1 rings (SSSR count). The van der Waals surface area contributed by atoms with Crippen molar-refractivity contribution in [3.05, 3.63) is 23.8 Å². The summed E-state index contributed by atoms with van der Waals surface area (Å²) in [6.45, 7) is 5.97. The van der Waals surface area contributed by atoms with Gasteiger partial charge in [0.25, 0.3) is 0 Å². The standard InChI is InChI=1S/C15H22O4/c1-6-15(2,3)14(16)19-10-11-7-8-12(17-4)13(9-11)18-5/h7-9H,6,10H2,1-5H3. The van der Waals surface area contributed by atoms with E-state index in [4.69, 9.17) is 14.2 Å². The quantitative estimate of drug-likeness (QED) is 0.742. The molecule has 1 aromatic carbocycles. The Kier molecular flexibility index (Phi) is 5.21. The summed E-state index contributed by atoms with van der Waals surface area (Å²) in [5.74, 6) is 1.10. The Morgan fingerprint density at radius 2 is 1.79 bits per heavy atom. The number of methoxy groups -OCH3 is 2. The average molecular weight is 266 g/mol. The van der Waals surface area contributed by atoms with E-state index in [1.807, 2.05) is 32.9 Å². The molecule has 0 aliphatic carbocycles. The lowest BCUT2D eigenvalue weighted by Crippen LogP contribution is -2.25. The van der Waals surface area contributed by atoms with Crippen molar-refractivity contribution < 1.29 is 19.0 Å². The minimum absolute atomic E-state index is 0.190. The lowest BCUT2D eigenvalue weighted by atomic mass is 9.91. The van der Waals surface area contributed by atoms with Gasteiger partial charge in [0, 0.05) is 0 Å². The molecule has 0 saturated carbocycles. The van der Waals surface area contributed by atoms with Gasteiger partial charge in [-0.2, -0.15) is 0 Å². The number of carbonyl (C=O) groups is 1. The molecule has 0 bridgehead atoms. The van der Waals surface area contributed by atoms with Gasteiger partial charge in [0.15, 0.2) is 11.5 Å². The highest BCUT2D eigenvalue weighted by atomic mass is 16.5. The van der Waals surface area contributed by atoms with Gasteiger partial charge in [0.05, 0.1) is 19.6 Å². The summed E-state index contributed by atoms with van der Waals surface area (Å²) in [6.07, 6.45) is 0.748. The van der Waals surface area contributed by atoms with Crippen LogP contribution in [0.25, 0.3) is 0 Å². The predicted octanol–water partition coefficient (Wildman–Crippen LogP) is 3.18. The molecule has 0 aromatic heterocycles. The SMILES string of the molecule is CCC(C)(C)C(=O)OCc1ccc(OC)c(OC)c1. The first-order chi connectivity index (χ1) is 8.94. The fraction of sp³-hybridized carbons (Fsp3) is 0.533. The summed E-state index contributed by atoms with van der Waals surface area (Å²) in [6, 6.07) is 5.46. The third-order valence-electron chi connectivity index (χ3n) is 3.25. The van der Waals surface area contributed by atoms with Crippen LogP contribution in [-0.2, 0) is 16.1 Å². The van der Waals surface area contributed by atoms with Crippen LogP contribution in [0.15, 0.2) is 18.2 Å². The van der Waals surface area contributed by atoms with Gasteiger partial charge >= 0.3 is 5.97 Å². The van der Waals surface area contributed by atoms with E-state index >= 15 is 0 Å². The van der Waals surface area contributed by atoms with Gasteiger partial charge in [-0.3, -0.25) is 4.79 Å². The van der Waals surface area contributed by atoms with Gasteiger partial charge < -0.3 is 14.2 Å². The van der Waals surface area contributed by atoms with E-state index in [9.17, 15) is 4.79 Å². The Bertz CT molecular complexity index is 438. The number of ether oxygens (including phenoxy) is 3. The lowest BCUT2D eigenvalue weighted by molar-refractivity contribution is -0.155. The molecule has 0 aliphatic heterocycles. The highest BCUT2D eigenvalue weighted by Gasteiger charge is 2.27. The van der Waals surface area contributed by atoms with Gasteiger partial charge in [-0.15, -0.1) is 0 Å². The Morgan fingerprint density at radius 3 is 2.32 bits per heavy atom. The van der Waals surface area contributed by atoms with Crippen LogP contribution in [0.2, 0.25) is 0 Å². The molecule has 0 spiro atoms. The van der Waals surface area contributed by atoms with E-state index < -0.39 is 5.41 Å². The van der Waals surface area contributed by atoms with Crippen LogP contribution in [0, 0.1) is 5.41 Å². The molecule has 0 fully saturated rings. The smallest absolute Gasteiger partial charge is 0.311 e. The fourth-order valence-electron chi connectivity index (χ4n) is 1.46.